The van der Waals surface area contributed by atoms with Gasteiger partial charge < -0.3 is 10.6 Å². The molecule has 1 rings (SSSR count). The maximum Gasteiger partial charge on any atom is 0.233 e. The summed E-state index contributed by atoms with van der Waals surface area (Å²) in [4.78, 5) is 13.3. The van der Waals surface area contributed by atoms with Crippen LogP contribution in [0.1, 0.15) is 46.1 Å². The summed E-state index contributed by atoms with van der Waals surface area (Å²) < 4.78 is 0. The first kappa shape index (κ1) is 18.1. The summed E-state index contributed by atoms with van der Waals surface area (Å²) in [6.07, 6.45) is 2.12. The van der Waals surface area contributed by atoms with E-state index >= 15 is 0 Å². The third kappa shape index (κ3) is 7.00. The largest absolute Gasteiger partial charge is 0.353 e. The normalized spacial score (nSPS) is 13.7. The topological polar surface area (TPSA) is 41.1 Å². The first-order chi connectivity index (χ1) is 10.1. The molecular formula is C17H28N2OS. The van der Waals surface area contributed by atoms with Crippen molar-refractivity contribution in [3.8, 4) is 0 Å². The molecule has 0 aliphatic rings. The summed E-state index contributed by atoms with van der Waals surface area (Å²) in [6.45, 7) is 10.1. The number of thioether (sulfide) groups is 1. The van der Waals surface area contributed by atoms with Crippen molar-refractivity contribution in [3.05, 3.63) is 29.8 Å². The molecule has 0 fully saturated rings. The summed E-state index contributed by atoms with van der Waals surface area (Å²) >= 11 is 1.62. The molecule has 0 bridgehead atoms. The number of carbonyl (C=O) groups excluding carboxylic acids is 1. The third-order valence-corrected chi connectivity index (χ3v) is 4.36. The molecule has 0 aliphatic heterocycles. The molecule has 118 valence electrons. The second-order valence-corrected chi connectivity index (χ2v) is 6.80. The van der Waals surface area contributed by atoms with Crippen LogP contribution in [-0.4, -0.2) is 23.7 Å². The minimum absolute atomic E-state index is 0.0707. The number of rotatable bonds is 9. The van der Waals surface area contributed by atoms with Crippen molar-refractivity contribution < 1.29 is 4.79 Å². The van der Waals surface area contributed by atoms with Gasteiger partial charge in [-0.1, -0.05) is 32.4 Å². The van der Waals surface area contributed by atoms with Gasteiger partial charge in [0.25, 0.3) is 0 Å². The van der Waals surface area contributed by atoms with E-state index in [0.717, 1.165) is 30.8 Å². The van der Waals surface area contributed by atoms with Crippen LogP contribution in [-0.2, 0) is 11.3 Å². The number of amides is 1. The Hall–Kier alpha value is -1.00. The van der Waals surface area contributed by atoms with E-state index in [1.54, 1.807) is 11.8 Å². The molecule has 0 aliphatic carbocycles. The molecule has 0 heterocycles. The second kappa shape index (κ2) is 9.85. The van der Waals surface area contributed by atoms with Crippen LogP contribution < -0.4 is 10.6 Å². The fraction of sp³-hybridized carbons (Fsp3) is 0.588. The highest BCUT2D eigenvalue weighted by molar-refractivity contribution is 8.00. The van der Waals surface area contributed by atoms with Crippen molar-refractivity contribution in [1.29, 1.82) is 0 Å². The minimum Gasteiger partial charge on any atom is -0.353 e. The number of nitrogens with one attached hydrogen (secondary N) is 2. The summed E-state index contributed by atoms with van der Waals surface area (Å²) in [5, 5.41) is 6.33. The van der Waals surface area contributed by atoms with E-state index in [2.05, 4.69) is 55.7 Å². The zero-order valence-electron chi connectivity index (χ0n) is 13.6. The average Bonchev–Trinajstić information content (AvgIpc) is 2.45. The second-order valence-electron chi connectivity index (χ2n) is 5.39. The predicted octanol–water partition coefficient (Wildman–Crippen LogP) is 3.58. The monoisotopic (exact) mass is 308 g/mol. The van der Waals surface area contributed by atoms with E-state index in [0.29, 0.717) is 0 Å². The van der Waals surface area contributed by atoms with Gasteiger partial charge in [0.1, 0.15) is 0 Å². The van der Waals surface area contributed by atoms with Gasteiger partial charge in [0.2, 0.25) is 5.91 Å². The molecule has 3 nitrogen and oxygen atoms in total. The van der Waals surface area contributed by atoms with Crippen molar-refractivity contribution >= 4 is 17.7 Å². The fourth-order valence-corrected chi connectivity index (χ4v) is 3.08. The molecule has 2 N–H and O–H groups in total. The lowest BCUT2D eigenvalue weighted by molar-refractivity contribution is -0.120. The van der Waals surface area contributed by atoms with Crippen molar-refractivity contribution in [1.82, 2.24) is 10.6 Å². The molecule has 4 heteroatoms. The van der Waals surface area contributed by atoms with Gasteiger partial charge in [0, 0.05) is 17.5 Å². The maximum atomic E-state index is 12.1. The Labute approximate surface area is 133 Å². The molecule has 0 saturated carbocycles. The van der Waals surface area contributed by atoms with Gasteiger partial charge in [-0.15, -0.1) is 11.8 Å². The number of hydrogen-bond donors (Lipinski definition) is 2. The lowest BCUT2D eigenvalue weighted by Gasteiger charge is -2.17. The lowest BCUT2D eigenvalue weighted by atomic mass is 10.2. The van der Waals surface area contributed by atoms with Gasteiger partial charge in [-0.2, -0.15) is 0 Å². The molecule has 1 aromatic carbocycles. The molecule has 1 amide bonds. The first-order valence-corrected chi connectivity index (χ1v) is 8.71. The van der Waals surface area contributed by atoms with Crippen LogP contribution >= 0.6 is 11.8 Å². The Kier molecular flexibility index (Phi) is 8.47. The van der Waals surface area contributed by atoms with Gasteiger partial charge >= 0.3 is 0 Å². The van der Waals surface area contributed by atoms with Crippen molar-refractivity contribution in [2.24, 2.45) is 0 Å². The molecule has 21 heavy (non-hydrogen) atoms. The molecule has 0 aromatic heterocycles. The van der Waals surface area contributed by atoms with Crippen molar-refractivity contribution in [3.63, 3.8) is 0 Å². The molecule has 0 radical (unpaired) electrons. The third-order valence-electron chi connectivity index (χ3n) is 3.27. The summed E-state index contributed by atoms with van der Waals surface area (Å²) in [7, 11) is 0. The van der Waals surface area contributed by atoms with Gasteiger partial charge in [0.15, 0.2) is 0 Å². The Morgan fingerprint density at radius 1 is 1.29 bits per heavy atom. The average molecular weight is 308 g/mol. The summed E-state index contributed by atoms with van der Waals surface area (Å²) in [5.74, 6) is 0.123. The maximum absolute atomic E-state index is 12.1. The van der Waals surface area contributed by atoms with E-state index in [1.807, 2.05) is 6.92 Å². The van der Waals surface area contributed by atoms with Gasteiger partial charge in [-0.25, -0.2) is 0 Å². The van der Waals surface area contributed by atoms with Crippen LogP contribution in [0.3, 0.4) is 0 Å². The molecule has 2 unspecified atom stereocenters. The van der Waals surface area contributed by atoms with Gasteiger partial charge in [-0.05, 0) is 44.5 Å². The Morgan fingerprint density at radius 3 is 2.71 bits per heavy atom. The summed E-state index contributed by atoms with van der Waals surface area (Å²) in [6, 6.07) is 8.65. The zero-order valence-corrected chi connectivity index (χ0v) is 14.4. The molecule has 1 aromatic rings. The lowest BCUT2D eigenvalue weighted by Crippen LogP contribution is -2.37. The van der Waals surface area contributed by atoms with Crippen molar-refractivity contribution in [2.75, 3.05) is 6.54 Å². The Bertz CT molecular complexity index is 437. The van der Waals surface area contributed by atoms with Crippen LogP contribution in [0.25, 0.3) is 0 Å². The van der Waals surface area contributed by atoms with Gasteiger partial charge in [0.05, 0.1) is 5.25 Å². The number of benzene rings is 1. The van der Waals surface area contributed by atoms with Crippen LogP contribution in [0.4, 0.5) is 0 Å². The van der Waals surface area contributed by atoms with Crippen LogP contribution in [0, 0.1) is 0 Å². The highest BCUT2D eigenvalue weighted by Gasteiger charge is 2.16. The van der Waals surface area contributed by atoms with Crippen LogP contribution in [0.2, 0.25) is 0 Å². The highest BCUT2D eigenvalue weighted by atomic mass is 32.2. The standard InChI is InChI=1S/C17H28N2OS/c1-5-8-13(3)19-17(20)14(4)21-16-10-7-9-15(11-16)12-18-6-2/h7,9-11,13-14,18H,5-6,8,12H2,1-4H3,(H,19,20). The molecule has 0 spiro atoms. The molecule has 2 atom stereocenters. The van der Waals surface area contributed by atoms with Crippen LogP contribution in [0.5, 0.6) is 0 Å². The van der Waals surface area contributed by atoms with Crippen LogP contribution in [0.15, 0.2) is 29.2 Å². The van der Waals surface area contributed by atoms with Crippen molar-refractivity contribution in [2.45, 2.75) is 63.3 Å². The van der Waals surface area contributed by atoms with E-state index in [9.17, 15) is 4.79 Å². The summed E-state index contributed by atoms with van der Waals surface area (Å²) in [5.41, 5.74) is 1.26. The molecule has 0 saturated heterocycles. The van der Waals surface area contributed by atoms with E-state index in [4.69, 9.17) is 0 Å². The Balaban J connectivity index is 2.53. The smallest absolute Gasteiger partial charge is 0.233 e. The predicted molar refractivity (Wildman–Crippen MR) is 91.7 cm³/mol. The quantitative estimate of drug-likeness (QED) is 0.685. The van der Waals surface area contributed by atoms with E-state index < -0.39 is 0 Å². The SMILES string of the molecule is CCCC(C)NC(=O)C(C)Sc1cccc(CNCC)c1. The zero-order chi connectivity index (χ0) is 15.7. The fourth-order valence-electron chi connectivity index (χ4n) is 2.12. The highest BCUT2D eigenvalue weighted by Crippen LogP contribution is 2.24. The molecular weight excluding hydrogens is 280 g/mol. The first-order valence-electron chi connectivity index (χ1n) is 7.83. The van der Waals surface area contributed by atoms with E-state index in [1.165, 1.54) is 5.56 Å². The minimum atomic E-state index is -0.0707. The van der Waals surface area contributed by atoms with Gasteiger partial charge in [-0.3, -0.25) is 4.79 Å². The van der Waals surface area contributed by atoms with E-state index in [-0.39, 0.29) is 17.2 Å². The Morgan fingerprint density at radius 2 is 2.05 bits per heavy atom. The number of carbonyl (C=O) groups is 1. The number of hydrogen-bond acceptors (Lipinski definition) is 3.